The molecule has 9 heteroatoms. The molecule has 6 nitrogen and oxygen atoms in total. The van der Waals surface area contributed by atoms with Gasteiger partial charge in [-0.3, -0.25) is 4.79 Å². The van der Waals surface area contributed by atoms with Crippen molar-refractivity contribution < 1.29 is 13.2 Å². The molecule has 1 atom stereocenters. The number of hydrogen-bond acceptors (Lipinski definition) is 7. The number of hydrogen-bond donors (Lipinski definition) is 2. The van der Waals surface area contributed by atoms with Gasteiger partial charge in [-0.05, 0) is 24.3 Å². The van der Waals surface area contributed by atoms with Crippen molar-refractivity contribution in [2.75, 3.05) is 17.2 Å². The van der Waals surface area contributed by atoms with E-state index in [1.165, 1.54) is 11.3 Å². The predicted molar refractivity (Wildman–Crippen MR) is 93.4 cm³/mol. The zero-order valence-electron chi connectivity index (χ0n) is 12.3. The number of rotatable bonds is 5. The molecule has 0 spiro atoms. The third-order valence-electron chi connectivity index (χ3n) is 3.65. The Balaban J connectivity index is 1.59. The van der Waals surface area contributed by atoms with E-state index in [2.05, 4.69) is 10.3 Å². The Morgan fingerprint density at radius 1 is 1.48 bits per heavy atom. The number of thiophene rings is 1. The van der Waals surface area contributed by atoms with E-state index >= 15 is 0 Å². The molecule has 1 aliphatic rings. The molecule has 3 rings (SSSR count). The fourth-order valence-corrected chi connectivity index (χ4v) is 5.91. The van der Waals surface area contributed by atoms with Crippen molar-refractivity contribution >= 4 is 43.5 Å². The predicted octanol–water partition coefficient (Wildman–Crippen LogP) is 1.69. The van der Waals surface area contributed by atoms with E-state index in [4.69, 9.17) is 5.73 Å². The van der Waals surface area contributed by atoms with Crippen LogP contribution in [-0.4, -0.2) is 36.9 Å². The summed E-state index contributed by atoms with van der Waals surface area (Å²) in [4.78, 5) is 18.4. The molecule has 0 radical (unpaired) electrons. The van der Waals surface area contributed by atoms with Crippen LogP contribution >= 0.6 is 22.7 Å². The van der Waals surface area contributed by atoms with Gasteiger partial charge in [0.1, 0.15) is 0 Å². The van der Waals surface area contributed by atoms with Gasteiger partial charge in [0.15, 0.2) is 15.0 Å². The van der Waals surface area contributed by atoms with Crippen molar-refractivity contribution in [3.63, 3.8) is 0 Å². The van der Waals surface area contributed by atoms with Crippen molar-refractivity contribution in [1.29, 1.82) is 0 Å². The summed E-state index contributed by atoms with van der Waals surface area (Å²) in [5.41, 5.74) is 6.64. The maximum atomic E-state index is 12.0. The number of carbonyl (C=O) groups excluding carboxylic acids is 1. The molecule has 3 heterocycles. The molecule has 124 valence electrons. The summed E-state index contributed by atoms with van der Waals surface area (Å²) in [5, 5.41) is 5.27. The summed E-state index contributed by atoms with van der Waals surface area (Å²) in [6.45, 7) is 0. The summed E-state index contributed by atoms with van der Waals surface area (Å²) in [7, 11) is -2.98. The SMILES string of the molecule is Nc1nc(-c2cccs2)c(CCC(=O)NC2CCS(=O)(=O)C2)s1. The minimum atomic E-state index is -2.98. The van der Waals surface area contributed by atoms with Gasteiger partial charge < -0.3 is 11.1 Å². The van der Waals surface area contributed by atoms with E-state index in [-0.39, 0.29) is 23.5 Å². The standard InChI is InChI=1S/C14H17N3O3S3/c15-14-17-13(10-2-1-6-21-10)11(22-14)3-4-12(18)16-9-5-7-23(19,20)8-9/h1-2,6,9H,3-5,7-8H2,(H2,15,17)(H,16,18). The average Bonchev–Trinajstić information content (AvgIpc) is 3.17. The molecule has 1 amide bonds. The first kappa shape index (κ1) is 16.4. The molecule has 0 bridgehead atoms. The minimum absolute atomic E-state index is 0.0483. The van der Waals surface area contributed by atoms with E-state index in [0.717, 1.165) is 15.4 Å². The van der Waals surface area contributed by atoms with Crippen LogP contribution in [0.3, 0.4) is 0 Å². The summed E-state index contributed by atoms with van der Waals surface area (Å²) in [5.74, 6) is 0.0784. The quantitative estimate of drug-likeness (QED) is 0.833. The lowest BCUT2D eigenvalue weighted by atomic mass is 10.2. The second-order valence-electron chi connectivity index (χ2n) is 5.47. The average molecular weight is 372 g/mol. The fraction of sp³-hybridized carbons (Fsp3) is 0.429. The Hall–Kier alpha value is -1.45. The van der Waals surface area contributed by atoms with Crippen molar-refractivity contribution in [3.05, 3.63) is 22.4 Å². The number of aryl methyl sites for hydroxylation is 1. The van der Waals surface area contributed by atoms with Crippen LogP contribution in [0.15, 0.2) is 17.5 Å². The van der Waals surface area contributed by atoms with E-state index in [0.29, 0.717) is 24.4 Å². The number of carbonyl (C=O) groups is 1. The van der Waals surface area contributed by atoms with Crippen molar-refractivity contribution in [1.82, 2.24) is 10.3 Å². The zero-order valence-corrected chi connectivity index (χ0v) is 14.8. The van der Waals surface area contributed by atoms with Gasteiger partial charge in [0.2, 0.25) is 5.91 Å². The third kappa shape index (κ3) is 4.10. The molecule has 23 heavy (non-hydrogen) atoms. The molecule has 0 aromatic carbocycles. The summed E-state index contributed by atoms with van der Waals surface area (Å²) >= 11 is 2.98. The number of sulfone groups is 1. The van der Waals surface area contributed by atoms with Gasteiger partial charge in [0, 0.05) is 17.3 Å². The molecule has 0 aliphatic carbocycles. The van der Waals surface area contributed by atoms with E-state index < -0.39 is 9.84 Å². The maximum absolute atomic E-state index is 12.0. The summed E-state index contributed by atoms with van der Waals surface area (Å²) in [6.07, 6.45) is 1.35. The number of amides is 1. The first-order valence-corrected chi connectivity index (χ1v) is 10.7. The van der Waals surface area contributed by atoms with E-state index in [1.807, 2.05) is 17.5 Å². The van der Waals surface area contributed by atoms with Crippen LogP contribution in [0.25, 0.3) is 10.6 Å². The second kappa shape index (κ2) is 6.58. The monoisotopic (exact) mass is 371 g/mol. The van der Waals surface area contributed by atoms with Crippen molar-refractivity contribution in [2.45, 2.75) is 25.3 Å². The number of thiazole rings is 1. The van der Waals surface area contributed by atoms with Gasteiger partial charge in [0.05, 0.1) is 22.1 Å². The Kier molecular flexibility index (Phi) is 4.69. The van der Waals surface area contributed by atoms with Gasteiger partial charge >= 0.3 is 0 Å². The largest absolute Gasteiger partial charge is 0.375 e. The molecule has 1 saturated heterocycles. The van der Waals surface area contributed by atoms with E-state index in [1.54, 1.807) is 11.3 Å². The zero-order chi connectivity index (χ0) is 16.4. The maximum Gasteiger partial charge on any atom is 0.220 e. The van der Waals surface area contributed by atoms with Crippen LogP contribution in [0.1, 0.15) is 17.7 Å². The van der Waals surface area contributed by atoms with Crippen molar-refractivity contribution in [2.24, 2.45) is 0 Å². The Labute approximate surface area is 142 Å². The van der Waals surface area contributed by atoms with Gasteiger partial charge in [-0.15, -0.1) is 22.7 Å². The molecular formula is C14H17N3O3S3. The Morgan fingerprint density at radius 3 is 2.96 bits per heavy atom. The fourth-order valence-electron chi connectivity index (χ4n) is 2.58. The van der Waals surface area contributed by atoms with Crippen LogP contribution in [-0.2, 0) is 21.1 Å². The highest BCUT2D eigenvalue weighted by Crippen LogP contribution is 2.33. The van der Waals surface area contributed by atoms with Crippen LogP contribution < -0.4 is 11.1 Å². The first-order valence-electron chi connectivity index (χ1n) is 7.22. The number of nitrogen functional groups attached to an aromatic ring is 1. The number of nitrogens with zero attached hydrogens (tertiary/aromatic N) is 1. The number of nitrogens with one attached hydrogen (secondary N) is 1. The van der Waals surface area contributed by atoms with Gasteiger partial charge in [-0.25, -0.2) is 13.4 Å². The highest BCUT2D eigenvalue weighted by Gasteiger charge is 2.28. The van der Waals surface area contributed by atoms with Crippen molar-refractivity contribution in [3.8, 4) is 10.6 Å². The lowest BCUT2D eigenvalue weighted by molar-refractivity contribution is -0.121. The topological polar surface area (TPSA) is 102 Å². The second-order valence-corrected chi connectivity index (χ2v) is 9.76. The van der Waals surface area contributed by atoms with Gasteiger partial charge in [0.25, 0.3) is 0 Å². The minimum Gasteiger partial charge on any atom is -0.375 e. The molecule has 2 aromatic rings. The highest BCUT2D eigenvalue weighted by molar-refractivity contribution is 7.91. The number of anilines is 1. The smallest absolute Gasteiger partial charge is 0.220 e. The summed E-state index contributed by atoms with van der Waals surface area (Å²) < 4.78 is 22.8. The Bertz CT molecular complexity index is 797. The first-order chi connectivity index (χ1) is 10.9. The third-order valence-corrected chi connectivity index (χ3v) is 7.23. The van der Waals surface area contributed by atoms with E-state index in [9.17, 15) is 13.2 Å². The summed E-state index contributed by atoms with van der Waals surface area (Å²) in [6, 6.07) is 3.68. The van der Waals surface area contributed by atoms with Gasteiger partial charge in [-0.2, -0.15) is 0 Å². The molecule has 1 aliphatic heterocycles. The molecular weight excluding hydrogens is 354 g/mol. The van der Waals surface area contributed by atoms with Gasteiger partial charge in [-0.1, -0.05) is 6.07 Å². The lowest BCUT2D eigenvalue weighted by Gasteiger charge is -2.10. The van der Waals surface area contributed by atoms with Crippen LogP contribution in [0, 0.1) is 0 Å². The van der Waals surface area contributed by atoms with Crippen LogP contribution in [0.2, 0.25) is 0 Å². The normalized spacial score (nSPS) is 19.7. The molecule has 3 N–H and O–H groups in total. The Morgan fingerprint density at radius 2 is 2.30 bits per heavy atom. The number of aromatic nitrogens is 1. The number of nitrogens with two attached hydrogens (primary N) is 1. The molecule has 2 aromatic heterocycles. The molecule has 1 unspecified atom stereocenters. The molecule has 0 saturated carbocycles. The van der Waals surface area contributed by atoms with Crippen LogP contribution in [0.4, 0.5) is 5.13 Å². The van der Waals surface area contributed by atoms with Crippen LogP contribution in [0.5, 0.6) is 0 Å². The lowest BCUT2D eigenvalue weighted by Crippen LogP contribution is -2.35. The molecule has 1 fully saturated rings. The highest BCUT2D eigenvalue weighted by atomic mass is 32.2.